The van der Waals surface area contributed by atoms with E-state index in [0.717, 1.165) is 18.2 Å². The Hall–Kier alpha value is -4.47. The highest BCUT2D eigenvalue weighted by Crippen LogP contribution is 2.30. The molecule has 0 unspecified atom stereocenters. The number of halogens is 3. The molecule has 0 bridgehead atoms. The Morgan fingerprint density at radius 3 is 2.18 bits per heavy atom. The van der Waals surface area contributed by atoms with Crippen LogP contribution in [0.15, 0.2) is 84.6 Å². The van der Waals surface area contributed by atoms with Gasteiger partial charge in [-0.3, -0.25) is 19.7 Å². The summed E-state index contributed by atoms with van der Waals surface area (Å²) in [6, 6.07) is 17.2. The normalized spacial score (nSPS) is 11.5. The summed E-state index contributed by atoms with van der Waals surface area (Å²) in [4.78, 5) is 35.6. The number of nitro groups is 1. The number of carbonyl (C=O) groups excluding carboxylic acids is 2. The fraction of sp³-hybridized carbons (Fsp3) is 0.0435. The molecule has 0 spiro atoms. The van der Waals surface area contributed by atoms with Crippen LogP contribution in [0.25, 0.3) is 6.08 Å². The van der Waals surface area contributed by atoms with Crippen LogP contribution in [0, 0.1) is 10.1 Å². The maximum Gasteiger partial charge on any atom is 0.416 e. The number of non-ortho nitro benzene ring substituents is 1. The van der Waals surface area contributed by atoms with Gasteiger partial charge in [0, 0.05) is 23.4 Å². The number of nitro benzene ring substituents is 1. The van der Waals surface area contributed by atoms with Crippen LogP contribution in [0.3, 0.4) is 0 Å². The first-order chi connectivity index (χ1) is 15.6. The number of rotatable bonds is 6. The maximum atomic E-state index is 13.0. The van der Waals surface area contributed by atoms with Crippen molar-refractivity contribution < 1.29 is 27.7 Å². The summed E-state index contributed by atoms with van der Waals surface area (Å²) in [5, 5.41) is 15.6. The fourth-order valence-electron chi connectivity index (χ4n) is 2.77. The molecule has 0 radical (unpaired) electrons. The summed E-state index contributed by atoms with van der Waals surface area (Å²) in [6.07, 6.45) is -3.34. The largest absolute Gasteiger partial charge is 0.416 e. The predicted molar refractivity (Wildman–Crippen MR) is 115 cm³/mol. The van der Waals surface area contributed by atoms with E-state index in [1.807, 2.05) is 0 Å². The second kappa shape index (κ2) is 9.77. The Morgan fingerprint density at radius 1 is 0.909 bits per heavy atom. The van der Waals surface area contributed by atoms with Gasteiger partial charge in [0.2, 0.25) is 0 Å². The molecule has 3 aromatic rings. The third-order valence-electron chi connectivity index (χ3n) is 4.39. The molecule has 0 aromatic heterocycles. The first-order valence-corrected chi connectivity index (χ1v) is 9.44. The van der Waals surface area contributed by atoms with Crippen molar-refractivity contribution in [1.82, 2.24) is 5.32 Å². The number of carbonyl (C=O) groups is 2. The van der Waals surface area contributed by atoms with E-state index >= 15 is 0 Å². The van der Waals surface area contributed by atoms with Gasteiger partial charge in [0.1, 0.15) is 5.70 Å². The highest BCUT2D eigenvalue weighted by Gasteiger charge is 2.30. The Labute approximate surface area is 185 Å². The molecular formula is C23H16F3N3O4. The molecule has 3 aromatic carbocycles. The first kappa shape index (κ1) is 23.2. The summed E-state index contributed by atoms with van der Waals surface area (Å²) in [5.74, 6) is -1.50. The molecule has 3 rings (SSSR count). The number of anilines is 1. The Bertz CT molecular complexity index is 1210. The molecule has 0 saturated heterocycles. The molecule has 0 aliphatic heterocycles. The van der Waals surface area contributed by atoms with Gasteiger partial charge in [-0.2, -0.15) is 13.2 Å². The van der Waals surface area contributed by atoms with E-state index in [4.69, 9.17) is 0 Å². The molecule has 10 heteroatoms. The van der Waals surface area contributed by atoms with E-state index in [1.54, 1.807) is 18.2 Å². The van der Waals surface area contributed by atoms with Gasteiger partial charge in [-0.1, -0.05) is 24.3 Å². The van der Waals surface area contributed by atoms with Crippen molar-refractivity contribution in [3.8, 4) is 0 Å². The number of nitrogens with one attached hydrogen (secondary N) is 2. The lowest BCUT2D eigenvalue weighted by atomic mass is 10.1. The summed E-state index contributed by atoms with van der Waals surface area (Å²) >= 11 is 0. The van der Waals surface area contributed by atoms with Crippen molar-refractivity contribution in [2.24, 2.45) is 0 Å². The molecule has 33 heavy (non-hydrogen) atoms. The van der Waals surface area contributed by atoms with Crippen LogP contribution >= 0.6 is 0 Å². The average molecular weight is 455 g/mol. The number of benzene rings is 3. The van der Waals surface area contributed by atoms with Gasteiger partial charge in [0.05, 0.1) is 10.5 Å². The third kappa shape index (κ3) is 6.26. The smallest absolute Gasteiger partial charge is 0.321 e. The van der Waals surface area contributed by atoms with Crippen LogP contribution in [0.2, 0.25) is 0 Å². The predicted octanol–water partition coefficient (Wildman–Crippen LogP) is 5.02. The molecule has 2 amide bonds. The van der Waals surface area contributed by atoms with E-state index in [9.17, 15) is 32.9 Å². The van der Waals surface area contributed by atoms with Crippen molar-refractivity contribution in [3.63, 3.8) is 0 Å². The lowest BCUT2D eigenvalue weighted by molar-refractivity contribution is -0.384. The third-order valence-corrected chi connectivity index (χ3v) is 4.39. The van der Waals surface area contributed by atoms with Gasteiger partial charge < -0.3 is 10.6 Å². The summed E-state index contributed by atoms with van der Waals surface area (Å²) in [6.45, 7) is 0. The number of hydrogen-bond donors (Lipinski definition) is 2. The van der Waals surface area contributed by atoms with Gasteiger partial charge in [-0.05, 0) is 54.1 Å². The topological polar surface area (TPSA) is 101 Å². The SMILES string of the molecule is O=C(Nc1cccc(C(F)(F)F)c1)C(=Cc1ccc([N+](=O)[O-])cc1)NC(=O)c1ccccc1. The van der Waals surface area contributed by atoms with Crippen LogP contribution < -0.4 is 10.6 Å². The minimum atomic E-state index is -4.60. The average Bonchev–Trinajstić information content (AvgIpc) is 2.79. The van der Waals surface area contributed by atoms with E-state index in [2.05, 4.69) is 10.6 Å². The van der Waals surface area contributed by atoms with Gasteiger partial charge >= 0.3 is 6.18 Å². The van der Waals surface area contributed by atoms with Crippen LogP contribution in [0.4, 0.5) is 24.5 Å². The highest BCUT2D eigenvalue weighted by atomic mass is 19.4. The van der Waals surface area contributed by atoms with Gasteiger partial charge in [-0.15, -0.1) is 0 Å². The van der Waals surface area contributed by atoms with E-state index in [1.165, 1.54) is 48.5 Å². The molecule has 0 atom stereocenters. The van der Waals surface area contributed by atoms with Crippen molar-refractivity contribution >= 4 is 29.3 Å². The fourth-order valence-corrected chi connectivity index (χ4v) is 2.77. The summed E-state index contributed by atoms with van der Waals surface area (Å²) in [5.41, 5.74) is -0.916. The lowest BCUT2D eigenvalue weighted by Crippen LogP contribution is -2.30. The number of amides is 2. The molecule has 2 N–H and O–H groups in total. The quantitative estimate of drug-likeness (QED) is 0.309. The molecule has 168 valence electrons. The Morgan fingerprint density at radius 2 is 1.58 bits per heavy atom. The standard InChI is InChI=1S/C23H16F3N3O4/c24-23(25,26)17-7-4-8-18(14-17)27-22(31)20(28-21(30)16-5-2-1-3-6-16)13-15-9-11-19(12-10-15)29(32)33/h1-14H,(H,27,31)(H,28,30). The first-order valence-electron chi connectivity index (χ1n) is 9.44. The van der Waals surface area contributed by atoms with E-state index in [0.29, 0.717) is 5.56 Å². The van der Waals surface area contributed by atoms with Crippen molar-refractivity contribution in [2.45, 2.75) is 6.18 Å². The molecule has 0 aliphatic rings. The molecular weight excluding hydrogens is 439 g/mol. The number of hydrogen-bond acceptors (Lipinski definition) is 4. The minimum absolute atomic E-state index is 0.126. The van der Waals surface area contributed by atoms with Crippen LogP contribution in [0.5, 0.6) is 0 Å². The van der Waals surface area contributed by atoms with E-state index in [-0.39, 0.29) is 22.6 Å². The minimum Gasteiger partial charge on any atom is -0.321 e. The monoisotopic (exact) mass is 455 g/mol. The molecule has 7 nitrogen and oxygen atoms in total. The van der Waals surface area contributed by atoms with E-state index < -0.39 is 28.5 Å². The molecule has 0 fully saturated rings. The second-order valence-electron chi connectivity index (χ2n) is 6.76. The lowest BCUT2D eigenvalue weighted by Gasteiger charge is -2.13. The van der Waals surface area contributed by atoms with Crippen molar-refractivity contribution in [3.05, 3.63) is 111 Å². The number of nitrogens with zero attached hydrogens (tertiary/aromatic N) is 1. The van der Waals surface area contributed by atoms with Crippen LogP contribution in [-0.2, 0) is 11.0 Å². The van der Waals surface area contributed by atoms with Gasteiger partial charge in [-0.25, -0.2) is 0 Å². The van der Waals surface area contributed by atoms with Crippen molar-refractivity contribution in [1.29, 1.82) is 0 Å². The zero-order valence-electron chi connectivity index (χ0n) is 16.8. The van der Waals surface area contributed by atoms with Crippen LogP contribution in [0.1, 0.15) is 21.5 Å². The molecule has 0 heterocycles. The maximum absolute atomic E-state index is 13.0. The Balaban J connectivity index is 1.91. The Kier molecular flexibility index (Phi) is 6.87. The zero-order chi connectivity index (χ0) is 24.0. The molecule has 0 saturated carbocycles. The zero-order valence-corrected chi connectivity index (χ0v) is 16.8. The van der Waals surface area contributed by atoms with Crippen molar-refractivity contribution in [2.75, 3.05) is 5.32 Å². The van der Waals surface area contributed by atoms with Crippen LogP contribution in [-0.4, -0.2) is 16.7 Å². The van der Waals surface area contributed by atoms with Gasteiger partial charge in [0.15, 0.2) is 0 Å². The summed E-state index contributed by atoms with van der Waals surface area (Å²) in [7, 11) is 0. The summed E-state index contributed by atoms with van der Waals surface area (Å²) < 4.78 is 38.9. The second-order valence-corrected chi connectivity index (χ2v) is 6.76. The van der Waals surface area contributed by atoms with Gasteiger partial charge in [0.25, 0.3) is 17.5 Å². The molecule has 0 aliphatic carbocycles. The number of alkyl halides is 3. The highest BCUT2D eigenvalue weighted by molar-refractivity contribution is 6.10.